The third-order valence-electron chi connectivity index (χ3n) is 7.85. The van der Waals surface area contributed by atoms with Crippen LogP contribution in [0, 0.1) is 12.8 Å². The summed E-state index contributed by atoms with van der Waals surface area (Å²) in [5, 5.41) is 6.51. The van der Waals surface area contributed by atoms with Crippen molar-refractivity contribution in [3.63, 3.8) is 0 Å². The van der Waals surface area contributed by atoms with Crippen LogP contribution in [0.5, 0.6) is 0 Å². The van der Waals surface area contributed by atoms with Crippen molar-refractivity contribution in [1.29, 1.82) is 0 Å². The highest BCUT2D eigenvalue weighted by molar-refractivity contribution is 5.72. The van der Waals surface area contributed by atoms with Gasteiger partial charge in [0.1, 0.15) is 23.4 Å². The molecule has 1 atom stereocenters. The fourth-order valence-corrected chi connectivity index (χ4v) is 5.50. The molecule has 2 aliphatic heterocycles. The number of likely N-dealkylation sites (tertiary alicyclic amines) is 2. The number of esters is 1. The summed E-state index contributed by atoms with van der Waals surface area (Å²) in [6, 6.07) is 17.6. The first kappa shape index (κ1) is 28.6. The summed E-state index contributed by atoms with van der Waals surface area (Å²) < 4.78 is 5.77. The Morgan fingerprint density at radius 1 is 0.884 bits per heavy atom. The third-order valence-corrected chi connectivity index (χ3v) is 7.85. The van der Waals surface area contributed by atoms with Gasteiger partial charge in [-0.3, -0.25) is 9.69 Å². The fraction of sp³-hybridized carbons (Fsp3) is 0.375. The van der Waals surface area contributed by atoms with Crippen LogP contribution < -0.4 is 10.6 Å². The maximum Gasteiger partial charge on any atom is 0.309 e. The van der Waals surface area contributed by atoms with Gasteiger partial charge >= 0.3 is 5.97 Å². The van der Waals surface area contributed by atoms with Crippen molar-refractivity contribution in [3.8, 4) is 11.5 Å². The molecule has 2 saturated heterocycles. The van der Waals surface area contributed by atoms with Crippen LogP contribution in [-0.2, 0) is 16.1 Å². The molecule has 3 aromatic heterocycles. The third kappa shape index (κ3) is 7.68. The molecule has 43 heavy (non-hydrogen) atoms. The zero-order chi connectivity index (χ0) is 29.6. The molecule has 1 aromatic carbocycles. The van der Waals surface area contributed by atoms with Gasteiger partial charge in [-0.25, -0.2) is 19.9 Å². The van der Waals surface area contributed by atoms with Crippen molar-refractivity contribution < 1.29 is 9.53 Å². The molecule has 222 valence electrons. The molecule has 0 aliphatic carbocycles. The average molecular weight is 580 g/mol. The molecule has 0 saturated carbocycles. The summed E-state index contributed by atoms with van der Waals surface area (Å²) in [6.07, 6.45) is 6.09. The molecule has 0 amide bonds. The number of aryl methyl sites for hydroxylation is 1. The van der Waals surface area contributed by atoms with E-state index in [2.05, 4.69) is 64.5 Å². The lowest BCUT2D eigenvalue weighted by Crippen LogP contribution is -2.37. The molecule has 0 spiro atoms. The average Bonchev–Trinajstić information content (AvgIpc) is 3.43. The summed E-state index contributed by atoms with van der Waals surface area (Å²) in [5.41, 5.74) is 3.74. The van der Waals surface area contributed by atoms with E-state index in [4.69, 9.17) is 4.74 Å². The van der Waals surface area contributed by atoms with Crippen molar-refractivity contribution in [2.75, 3.05) is 43.9 Å². The Labute approximate surface area is 251 Å². The Morgan fingerprint density at radius 3 is 2.40 bits per heavy atom. The zero-order valence-electron chi connectivity index (χ0n) is 24.6. The van der Waals surface area contributed by atoms with Crippen LogP contribution >= 0.6 is 0 Å². The Balaban J connectivity index is 0.994. The molecule has 0 radical (unpaired) electrons. The van der Waals surface area contributed by atoms with E-state index in [-0.39, 0.29) is 18.0 Å². The smallest absolute Gasteiger partial charge is 0.309 e. The molecule has 11 heteroatoms. The van der Waals surface area contributed by atoms with Crippen molar-refractivity contribution >= 4 is 29.2 Å². The van der Waals surface area contributed by atoms with Gasteiger partial charge in [0.15, 0.2) is 5.82 Å². The molecule has 2 fully saturated rings. The molecule has 4 aromatic rings. The number of aromatic nitrogens is 5. The first-order valence-corrected chi connectivity index (χ1v) is 14.8. The van der Waals surface area contributed by atoms with Crippen LogP contribution in [0.25, 0.3) is 11.5 Å². The predicted molar refractivity (Wildman–Crippen MR) is 165 cm³/mol. The van der Waals surface area contributed by atoms with Gasteiger partial charge in [0, 0.05) is 43.4 Å². The largest absolute Gasteiger partial charge is 0.461 e. The standard InChI is InChI=1S/C32H37N9O2/c1-22-4-3-5-27(35-22)30-33-15-10-28(38-30)37-29-11-16-34-32(39-29)36-25-8-6-23(7-9-25)20-41-18-12-24(13-19-41)31(42)43-26-14-17-40(2)21-26/h3-11,15-16,24,26H,12-14,17-21H2,1-2H3,(H2,33,34,36,37,38,39)/t26-/m0/s1. The van der Waals surface area contributed by atoms with E-state index in [0.717, 1.165) is 63.4 Å². The van der Waals surface area contributed by atoms with Gasteiger partial charge in [-0.05, 0) is 88.3 Å². The zero-order valence-corrected chi connectivity index (χ0v) is 24.6. The summed E-state index contributed by atoms with van der Waals surface area (Å²) >= 11 is 0. The quantitative estimate of drug-likeness (QED) is 0.271. The van der Waals surface area contributed by atoms with Gasteiger partial charge in [0.05, 0.1) is 5.92 Å². The summed E-state index contributed by atoms with van der Waals surface area (Å²) in [5.74, 6) is 2.24. The van der Waals surface area contributed by atoms with E-state index in [9.17, 15) is 4.79 Å². The molecular weight excluding hydrogens is 542 g/mol. The SMILES string of the molecule is Cc1cccc(-c2nccc(Nc3ccnc(Nc4ccc(CN5CCC(C(=O)O[C@H]6CCN(C)C6)CC5)cc4)n3)n2)n1. The minimum atomic E-state index is -0.0155. The van der Waals surface area contributed by atoms with Gasteiger partial charge < -0.3 is 20.3 Å². The first-order chi connectivity index (χ1) is 21.0. The van der Waals surface area contributed by atoms with Crippen LogP contribution in [0.2, 0.25) is 0 Å². The Kier molecular flexibility index (Phi) is 8.80. The van der Waals surface area contributed by atoms with Gasteiger partial charge in [0.2, 0.25) is 5.95 Å². The lowest BCUT2D eigenvalue weighted by molar-refractivity contribution is -0.155. The number of pyridine rings is 1. The number of nitrogens with zero attached hydrogens (tertiary/aromatic N) is 7. The highest BCUT2D eigenvalue weighted by Gasteiger charge is 2.30. The number of nitrogens with one attached hydrogen (secondary N) is 2. The van der Waals surface area contributed by atoms with E-state index in [1.54, 1.807) is 24.5 Å². The normalized spacial score (nSPS) is 18.0. The van der Waals surface area contributed by atoms with E-state index in [1.807, 2.05) is 37.3 Å². The highest BCUT2D eigenvalue weighted by atomic mass is 16.5. The van der Waals surface area contributed by atoms with E-state index in [0.29, 0.717) is 29.1 Å². The van der Waals surface area contributed by atoms with Gasteiger partial charge in [-0.1, -0.05) is 18.2 Å². The Bertz CT molecular complexity index is 1540. The summed E-state index contributed by atoms with van der Waals surface area (Å²) in [4.78, 5) is 39.7. The second-order valence-corrected chi connectivity index (χ2v) is 11.3. The molecule has 6 rings (SSSR count). The summed E-state index contributed by atoms with van der Waals surface area (Å²) in [6.45, 7) is 6.43. The molecular formula is C32H37N9O2. The molecule has 2 N–H and O–H groups in total. The molecule has 0 unspecified atom stereocenters. The van der Waals surface area contributed by atoms with E-state index >= 15 is 0 Å². The second-order valence-electron chi connectivity index (χ2n) is 11.3. The topological polar surface area (TPSA) is 121 Å². The minimum absolute atomic E-state index is 0.0144. The van der Waals surface area contributed by atoms with E-state index < -0.39 is 0 Å². The summed E-state index contributed by atoms with van der Waals surface area (Å²) in [7, 11) is 2.07. The van der Waals surface area contributed by atoms with E-state index in [1.165, 1.54) is 5.56 Å². The number of rotatable bonds is 9. The van der Waals surface area contributed by atoms with Crippen molar-refractivity contribution in [3.05, 3.63) is 78.2 Å². The first-order valence-electron chi connectivity index (χ1n) is 14.8. The van der Waals surface area contributed by atoms with Crippen molar-refractivity contribution in [2.45, 2.75) is 38.8 Å². The number of anilines is 4. The maximum absolute atomic E-state index is 12.6. The predicted octanol–water partition coefficient (Wildman–Crippen LogP) is 4.58. The van der Waals surface area contributed by atoms with Crippen molar-refractivity contribution in [1.82, 2.24) is 34.7 Å². The van der Waals surface area contributed by atoms with Crippen LogP contribution in [0.15, 0.2) is 67.0 Å². The number of ether oxygens (including phenoxy) is 1. The molecule has 2 aliphatic rings. The Morgan fingerprint density at radius 2 is 1.65 bits per heavy atom. The number of likely N-dealkylation sites (N-methyl/N-ethyl adjacent to an activating group) is 1. The number of carbonyl (C=O) groups excluding carboxylic acids is 1. The van der Waals surface area contributed by atoms with Crippen LogP contribution in [0.3, 0.4) is 0 Å². The molecule has 5 heterocycles. The molecule has 11 nitrogen and oxygen atoms in total. The highest BCUT2D eigenvalue weighted by Crippen LogP contribution is 2.24. The second kappa shape index (κ2) is 13.2. The number of piperidine rings is 1. The number of hydrogen-bond donors (Lipinski definition) is 2. The van der Waals surface area contributed by atoms with Crippen LogP contribution in [-0.4, -0.2) is 80.0 Å². The van der Waals surface area contributed by atoms with Gasteiger partial charge in [0.25, 0.3) is 0 Å². The Hall–Kier alpha value is -4.48. The van der Waals surface area contributed by atoms with Gasteiger partial charge in [-0.2, -0.15) is 4.98 Å². The fourth-order valence-electron chi connectivity index (χ4n) is 5.50. The minimum Gasteiger partial charge on any atom is -0.461 e. The number of carbonyl (C=O) groups is 1. The van der Waals surface area contributed by atoms with Crippen LogP contribution in [0.4, 0.5) is 23.3 Å². The lowest BCUT2D eigenvalue weighted by atomic mass is 9.96. The molecule has 0 bridgehead atoms. The van der Waals surface area contributed by atoms with Crippen molar-refractivity contribution in [2.24, 2.45) is 5.92 Å². The van der Waals surface area contributed by atoms with Crippen LogP contribution in [0.1, 0.15) is 30.5 Å². The maximum atomic E-state index is 12.6. The number of benzene rings is 1. The lowest BCUT2D eigenvalue weighted by Gasteiger charge is -2.31. The van der Waals surface area contributed by atoms with Gasteiger partial charge in [-0.15, -0.1) is 0 Å². The number of hydrogen-bond acceptors (Lipinski definition) is 11. The monoisotopic (exact) mass is 579 g/mol.